The normalized spacial score (nSPS) is 10.7. The maximum Gasteiger partial charge on any atom is 0.291 e. The molecule has 35 heavy (non-hydrogen) atoms. The largest absolute Gasteiger partial charge is 0.493 e. The van der Waals surface area contributed by atoms with E-state index in [-0.39, 0.29) is 22.7 Å². The first-order valence-corrected chi connectivity index (χ1v) is 11.5. The van der Waals surface area contributed by atoms with Crippen LogP contribution >= 0.6 is 12.2 Å². The lowest BCUT2D eigenvalue weighted by atomic mass is 10.2. The zero-order valence-corrected chi connectivity index (χ0v) is 20.1. The molecule has 4 rings (SSSR count). The Hall–Kier alpha value is -4.17. The minimum absolute atomic E-state index is 0.161. The summed E-state index contributed by atoms with van der Waals surface area (Å²) in [6.07, 6.45) is 0. The van der Waals surface area contributed by atoms with Gasteiger partial charge in [0.15, 0.2) is 10.9 Å². The van der Waals surface area contributed by atoms with Gasteiger partial charge in [-0.2, -0.15) is 0 Å². The fraction of sp³-hybridized carbons (Fsp3) is 0.148. The lowest BCUT2D eigenvalue weighted by Gasteiger charge is -2.11. The first-order valence-electron chi connectivity index (χ1n) is 11.1. The molecular weight excluding hydrogens is 462 g/mol. The summed E-state index contributed by atoms with van der Waals surface area (Å²) in [6, 6.07) is 23.0. The number of carbonyl (C=O) groups is 2. The number of carbonyl (C=O) groups excluding carboxylic acids is 2. The van der Waals surface area contributed by atoms with E-state index in [2.05, 4.69) is 29.8 Å². The van der Waals surface area contributed by atoms with Gasteiger partial charge in [0.25, 0.3) is 11.8 Å². The van der Waals surface area contributed by atoms with Crippen LogP contribution in [0.4, 0.5) is 11.4 Å². The monoisotopic (exact) mass is 487 g/mol. The second-order valence-electron chi connectivity index (χ2n) is 8.32. The predicted octanol–water partition coefficient (Wildman–Crippen LogP) is 5.85. The van der Waals surface area contributed by atoms with Crippen LogP contribution < -0.4 is 20.7 Å². The molecule has 8 heteroatoms. The van der Waals surface area contributed by atoms with Crippen molar-refractivity contribution in [1.29, 1.82) is 0 Å². The van der Waals surface area contributed by atoms with Crippen molar-refractivity contribution in [3.63, 3.8) is 0 Å². The highest BCUT2D eigenvalue weighted by atomic mass is 32.1. The second kappa shape index (κ2) is 10.8. The molecule has 0 fully saturated rings. The van der Waals surface area contributed by atoms with Crippen molar-refractivity contribution in [2.75, 3.05) is 17.2 Å². The molecule has 0 spiro atoms. The summed E-state index contributed by atoms with van der Waals surface area (Å²) >= 11 is 5.26. The number of ether oxygens (including phenoxy) is 1. The molecule has 0 bridgehead atoms. The lowest BCUT2D eigenvalue weighted by Crippen LogP contribution is -2.34. The summed E-state index contributed by atoms with van der Waals surface area (Å²) in [6.45, 7) is 4.76. The molecule has 3 aromatic carbocycles. The van der Waals surface area contributed by atoms with Crippen LogP contribution in [0, 0.1) is 5.92 Å². The number of hydrogen-bond acceptors (Lipinski definition) is 5. The van der Waals surface area contributed by atoms with E-state index in [0.717, 1.165) is 5.39 Å². The highest BCUT2D eigenvalue weighted by molar-refractivity contribution is 7.80. The Morgan fingerprint density at radius 3 is 2.20 bits per heavy atom. The van der Waals surface area contributed by atoms with E-state index in [1.807, 2.05) is 24.3 Å². The van der Waals surface area contributed by atoms with Crippen LogP contribution in [0.2, 0.25) is 0 Å². The molecule has 0 saturated carbocycles. The minimum atomic E-state index is -0.342. The number of furan rings is 1. The number of hydrogen-bond donors (Lipinski definition) is 3. The van der Waals surface area contributed by atoms with E-state index in [1.165, 1.54) is 0 Å². The van der Waals surface area contributed by atoms with Crippen LogP contribution in [0.1, 0.15) is 34.8 Å². The molecule has 0 atom stereocenters. The molecule has 2 amide bonds. The summed E-state index contributed by atoms with van der Waals surface area (Å²) in [5.74, 6) is 0.696. The van der Waals surface area contributed by atoms with Crippen LogP contribution in [0.25, 0.3) is 11.0 Å². The molecule has 0 unspecified atom stereocenters. The fourth-order valence-corrected chi connectivity index (χ4v) is 3.44. The average Bonchev–Trinajstić information content (AvgIpc) is 3.29. The molecule has 1 heterocycles. The van der Waals surface area contributed by atoms with Crippen LogP contribution in [0.3, 0.4) is 0 Å². The number of nitrogens with one attached hydrogen (secondary N) is 3. The average molecular weight is 488 g/mol. The zero-order chi connectivity index (χ0) is 24.8. The Balaban J connectivity index is 1.29. The van der Waals surface area contributed by atoms with Crippen LogP contribution in [-0.2, 0) is 0 Å². The molecule has 0 radical (unpaired) electrons. The summed E-state index contributed by atoms with van der Waals surface area (Å²) in [4.78, 5) is 25.0. The third-order valence-corrected chi connectivity index (χ3v) is 5.18. The minimum Gasteiger partial charge on any atom is -0.493 e. The highest BCUT2D eigenvalue weighted by Crippen LogP contribution is 2.21. The van der Waals surface area contributed by atoms with Crippen molar-refractivity contribution >= 4 is 51.5 Å². The Morgan fingerprint density at radius 2 is 1.54 bits per heavy atom. The van der Waals surface area contributed by atoms with Gasteiger partial charge in [-0.05, 0) is 78.8 Å². The van der Waals surface area contributed by atoms with Gasteiger partial charge in [0.05, 0.1) is 6.61 Å². The van der Waals surface area contributed by atoms with E-state index in [1.54, 1.807) is 54.6 Å². The standard InChI is InChI=1S/C27H25N3O4S/c1-17(2)16-33-22-13-7-18(8-14-22)25(31)30-27(35)29-21-11-9-20(10-12-21)28-26(32)24-15-19-5-3-4-6-23(19)34-24/h3-15,17H,16H2,1-2H3,(H,28,32)(H2,29,30,31,35). The van der Waals surface area contributed by atoms with Crippen molar-refractivity contribution in [2.24, 2.45) is 5.92 Å². The van der Waals surface area contributed by atoms with Crippen molar-refractivity contribution in [1.82, 2.24) is 5.32 Å². The quantitative estimate of drug-likeness (QED) is 0.283. The van der Waals surface area contributed by atoms with Gasteiger partial charge in [-0.15, -0.1) is 0 Å². The highest BCUT2D eigenvalue weighted by Gasteiger charge is 2.13. The van der Waals surface area contributed by atoms with Gasteiger partial charge in [-0.3, -0.25) is 14.9 Å². The Morgan fingerprint density at radius 1 is 0.886 bits per heavy atom. The van der Waals surface area contributed by atoms with Gasteiger partial charge in [0.2, 0.25) is 0 Å². The van der Waals surface area contributed by atoms with E-state index < -0.39 is 0 Å². The number of amides is 2. The van der Waals surface area contributed by atoms with Gasteiger partial charge in [0, 0.05) is 22.3 Å². The fourth-order valence-electron chi connectivity index (χ4n) is 3.23. The van der Waals surface area contributed by atoms with Crippen LogP contribution in [0.5, 0.6) is 5.75 Å². The first-order chi connectivity index (χ1) is 16.9. The summed E-state index contributed by atoms with van der Waals surface area (Å²) in [7, 11) is 0. The summed E-state index contributed by atoms with van der Waals surface area (Å²) in [5.41, 5.74) is 2.38. The molecule has 7 nitrogen and oxygen atoms in total. The maximum atomic E-state index is 12.5. The molecule has 178 valence electrons. The number of thiocarbonyl (C=S) groups is 1. The van der Waals surface area contributed by atoms with Gasteiger partial charge >= 0.3 is 0 Å². The molecule has 0 aliphatic heterocycles. The van der Waals surface area contributed by atoms with Gasteiger partial charge in [0.1, 0.15) is 11.3 Å². The molecule has 0 aliphatic rings. The first kappa shape index (κ1) is 24.0. The van der Waals surface area contributed by atoms with Gasteiger partial charge in [-0.25, -0.2) is 0 Å². The SMILES string of the molecule is CC(C)COc1ccc(C(=O)NC(=S)Nc2ccc(NC(=O)c3cc4ccccc4o3)cc2)cc1. The van der Waals surface area contributed by atoms with E-state index in [4.69, 9.17) is 21.4 Å². The topological polar surface area (TPSA) is 92.6 Å². The van der Waals surface area contributed by atoms with E-state index in [0.29, 0.717) is 40.8 Å². The van der Waals surface area contributed by atoms with Crippen molar-refractivity contribution < 1.29 is 18.7 Å². The Bertz CT molecular complexity index is 1310. The lowest BCUT2D eigenvalue weighted by molar-refractivity contribution is 0.0975. The smallest absolute Gasteiger partial charge is 0.291 e. The van der Waals surface area contributed by atoms with E-state index in [9.17, 15) is 9.59 Å². The predicted molar refractivity (Wildman–Crippen MR) is 141 cm³/mol. The number of fused-ring (bicyclic) bond motifs is 1. The zero-order valence-electron chi connectivity index (χ0n) is 19.3. The molecule has 0 saturated heterocycles. The molecule has 3 N–H and O–H groups in total. The van der Waals surface area contributed by atoms with Crippen molar-refractivity contribution in [3.05, 3.63) is 90.2 Å². The van der Waals surface area contributed by atoms with Crippen molar-refractivity contribution in [2.45, 2.75) is 13.8 Å². The molecule has 0 aliphatic carbocycles. The Kier molecular flexibility index (Phi) is 7.42. The summed E-state index contributed by atoms with van der Waals surface area (Å²) < 4.78 is 11.2. The van der Waals surface area contributed by atoms with Crippen LogP contribution in [0.15, 0.2) is 83.3 Å². The number of anilines is 2. The maximum absolute atomic E-state index is 12.5. The number of para-hydroxylation sites is 1. The van der Waals surface area contributed by atoms with Crippen molar-refractivity contribution in [3.8, 4) is 5.75 Å². The number of rotatable bonds is 7. The molecule has 1 aromatic heterocycles. The summed E-state index contributed by atoms with van der Waals surface area (Å²) in [5, 5.41) is 9.44. The van der Waals surface area contributed by atoms with Gasteiger partial charge in [-0.1, -0.05) is 32.0 Å². The second-order valence-corrected chi connectivity index (χ2v) is 8.73. The van der Waals surface area contributed by atoms with Gasteiger partial charge < -0.3 is 19.8 Å². The van der Waals surface area contributed by atoms with Crippen LogP contribution in [-0.4, -0.2) is 23.5 Å². The third kappa shape index (κ3) is 6.45. The molecule has 4 aromatic rings. The third-order valence-electron chi connectivity index (χ3n) is 4.98. The van der Waals surface area contributed by atoms with E-state index >= 15 is 0 Å². The number of benzene rings is 3. The molecular formula is C27H25N3O4S. The Labute approximate surface area is 208 Å².